The maximum absolute atomic E-state index is 10.2. The van der Waals surface area contributed by atoms with E-state index in [1.807, 2.05) is 31.2 Å². The fourth-order valence-electron chi connectivity index (χ4n) is 2.00. The van der Waals surface area contributed by atoms with Gasteiger partial charge in [-0.2, -0.15) is 5.10 Å². The Morgan fingerprint density at radius 2 is 1.82 bits per heavy atom. The Kier molecular flexibility index (Phi) is 3.18. The van der Waals surface area contributed by atoms with Crippen molar-refractivity contribution in [1.29, 1.82) is 0 Å². The van der Waals surface area contributed by atoms with Gasteiger partial charge in [-0.05, 0) is 25.8 Å². The molecule has 0 saturated heterocycles. The smallest absolute Gasteiger partial charge is 0.217 e. The summed E-state index contributed by atoms with van der Waals surface area (Å²) in [4.78, 5) is 0. The largest absolute Gasteiger partial charge is 0.493 e. The Balaban J connectivity index is 2.48. The van der Waals surface area contributed by atoms with Crippen LogP contribution < -0.4 is 0 Å². The van der Waals surface area contributed by atoms with E-state index in [0.717, 1.165) is 29.8 Å². The summed E-state index contributed by atoms with van der Waals surface area (Å²) in [5.41, 5.74) is 3.96. The number of benzene rings is 1. The molecule has 0 amide bonds. The first kappa shape index (κ1) is 11.7. The number of nitrogens with zero attached hydrogens (tertiary/aromatic N) is 2. The lowest BCUT2D eigenvalue weighted by atomic mass is 10.0. The summed E-state index contributed by atoms with van der Waals surface area (Å²) in [6, 6.07) is 8.14. The van der Waals surface area contributed by atoms with Gasteiger partial charge in [0.1, 0.15) is 0 Å². The molecule has 17 heavy (non-hydrogen) atoms. The second-order valence-electron chi connectivity index (χ2n) is 4.37. The molecule has 3 heteroatoms. The summed E-state index contributed by atoms with van der Waals surface area (Å²) < 4.78 is 1.67. The van der Waals surface area contributed by atoms with E-state index in [0.29, 0.717) is 0 Å². The van der Waals surface area contributed by atoms with Gasteiger partial charge in [-0.25, -0.2) is 4.68 Å². The number of rotatable bonds is 3. The maximum Gasteiger partial charge on any atom is 0.217 e. The Morgan fingerprint density at radius 3 is 2.41 bits per heavy atom. The van der Waals surface area contributed by atoms with Crippen LogP contribution in [0, 0.1) is 13.8 Å². The van der Waals surface area contributed by atoms with E-state index in [2.05, 4.69) is 18.9 Å². The molecule has 1 aromatic heterocycles. The number of aromatic nitrogens is 2. The average Bonchev–Trinajstić information content (AvgIpc) is 2.57. The van der Waals surface area contributed by atoms with Gasteiger partial charge >= 0.3 is 0 Å². The first-order chi connectivity index (χ1) is 8.13. The third-order valence-electron chi connectivity index (χ3n) is 2.88. The zero-order chi connectivity index (χ0) is 12.4. The minimum absolute atomic E-state index is 0.271. The third-order valence-corrected chi connectivity index (χ3v) is 2.88. The summed E-state index contributed by atoms with van der Waals surface area (Å²) in [5.74, 6) is 0.271. The zero-order valence-electron chi connectivity index (χ0n) is 10.6. The van der Waals surface area contributed by atoms with E-state index in [-0.39, 0.29) is 5.88 Å². The lowest BCUT2D eigenvalue weighted by Crippen LogP contribution is -1.97. The van der Waals surface area contributed by atoms with E-state index >= 15 is 0 Å². The lowest BCUT2D eigenvalue weighted by molar-refractivity contribution is 0.398. The van der Waals surface area contributed by atoms with Crippen LogP contribution >= 0.6 is 0 Å². The number of hydrogen-bond donors (Lipinski definition) is 1. The molecule has 0 spiro atoms. The fraction of sp³-hybridized carbons (Fsp3) is 0.357. The van der Waals surface area contributed by atoms with Crippen molar-refractivity contribution < 1.29 is 5.11 Å². The Morgan fingerprint density at radius 1 is 1.18 bits per heavy atom. The van der Waals surface area contributed by atoms with Crippen molar-refractivity contribution in [3.63, 3.8) is 0 Å². The molecule has 0 aliphatic rings. The summed E-state index contributed by atoms with van der Waals surface area (Å²) in [5, 5.41) is 14.5. The van der Waals surface area contributed by atoms with Gasteiger partial charge in [0.15, 0.2) is 0 Å². The van der Waals surface area contributed by atoms with Crippen molar-refractivity contribution in [3.8, 4) is 17.0 Å². The van der Waals surface area contributed by atoms with Crippen molar-refractivity contribution >= 4 is 0 Å². The van der Waals surface area contributed by atoms with Crippen LogP contribution in [-0.4, -0.2) is 14.9 Å². The highest BCUT2D eigenvalue weighted by Gasteiger charge is 2.15. The van der Waals surface area contributed by atoms with Crippen molar-refractivity contribution in [3.05, 3.63) is 35.5 Å². The van der Waals surface area contributed by atoms with Crippen molar-refractivity contribution in [1.82, 2.24) is 9.78 Å². The van der Waals surface area contributed by atoms with Crippen molar-refractivity contribution in [2.45, 2.75) is 33.7 Å². The molecule has 3 nitrogen and oxygen atoms in total. The summed E-state index contributed by atoms with van der Waals surface area (Å²) in [7, 11) is 0. The molecule has 0 atom stereocenters. The Bertz CT molecular complexity index is 512. The second-order valence-corrected chi connectivity index (χ2v) is 4.37. The molecule has 0 aliphatic carbocycles. The topological polar surface area (TPSA) is 38.0 Å². The number of hydrogen-bond acceptors (Lipinski definition) is 2. The van der Waals surface area contributed by atoms with Crippen LogP contribution in [0.2, 0.25) is 0 Å². The Labute approximate surface area is 102 Å². The van der Waals surface area contributed by atoms with Crippen molar-refractivity contribution in [2.24, 2.45) is 0 Å². The number of aromatic hydroxyl groups is 1. The van der Waals surface area contributed by atoms with Gasteiger partial charge < -0.3 is 5.11 Å². The monoisotopic (exact) mass is 230 g/mol. The first-order valence-corrected chi connectivity index (χ1v) is 5.97. The lowest BCUT2D eigenvalue weighted by Gasteiger charge is -2.03. The van der Waals surface area contributed by atoms with Crippen LogP contribution in [0.3, 0.4) is 0 Å². The summed E-state index contributed by atoms with van der Waals surface area (Å²) in [6.45, 7) is 6.80. The van der Waals surface area contributed by atoms with Crippen LogP contribution in [0.15, 0.2) is 24.3 Å². The normalized spacial score (nSPS) is 10.8. The SMILES string of the molecule is CCCn1nc(C)c(-c2ccc(C)cc2)c1O. The number of aryl methyl sites for hydroxylation is 3. The van der Waals surface area contributed by atoms with Crippen LogP contribution in [0.25, 0.3) is 11.1 Å². The molecule has 1 aromatic carbocycles. The molecular weight excluding hydrogens is 212 g/mol. The summed E-state index contributed by atoms with van der Waals surface area (Å²) in [6.07, 6.45) is 0.960. The summed E-state index contributed by atoms with van der Waals surface area (Å²) >= 11 is 0. The van der Waals surface area contributed by atoms with E-state index in [1.165, 1.54) is 5.56 Å². The zero-order valence-corrected chi connectivity index (χ0v) is 10.6. The van der Waals surface area contributed by atoms with E-state index in [1.54, 1.807) is 4.68 Å². The van der Waals surface area contributed by atoms with Gasteiger partial charge in [0.2, 0.25) is 5.88 Å². The fourth-order valence-corrected chi connectivity index (χ4v) is 2.00. The standard InChI is InChI=1S/C14H18N2O/c1-4-9-16-14(17)13(11(3)15-16)12-7-5-10(2)6-8-12/h5-8,17H,4,9H2,1-3H3. The molecule has 2 aromatic rings. The van der Waals surface area contributed by atoms with Crippen LogP contribution in [-0.2, 0) is 6.54 Å². The molecular formula is C14H18N2O. The quantitative estimate of drug-likeness (QED) is 0.878. The van der Waals surface area contributed by atoms with Crippen LogP contribution in [0.1, 0.15) is 24.6 Å². The molecule has 0 radical (unpaired) electrons. The Hall–Kier alpha value is -1.77. The van der Waals surface area contributed by atoms with Gasteiger partial charge in [-0.1, -0.05) is 36.8 Å². The highest BCUT2D eigenvalue weighted by molar-refractivity contribution is 5.71. The second kappa shape index (κ2) is 4.62. The molecule has 1 N–H and O–H groups in total. The molecule has 2 rings (SSSR count). The molecule has 0 bridgehead atoms. The molecule has 0 unspecified atom stereocenters. The predicted octanol–water partition coefficient (Wildman–Crippen LogP) is 3.28. The van der Waals surface area contributed by atoms with E-state index < -0.39 is 0 Å². The molecule has 0 fully saturated rings. The van der Waals surface area contributed by atoms with E-state index in [4.69, 9.17) is 0 Å². The molecule has 0 aliphatic heterocycles. The van der Waals surface area contributed by atoms with Gasteiger partial charge in [-0.3, -0.25) is 0 Å². The van der Waals surface area contributed by atoms with Gasteiger partial charge in [0.25, 0.3) is 0 Å². The van der Waals surface area contributed by atoms with Crippen molar-refractivity contribution in [2.75, 3.05) is 0 Å². The maximum atomic E-state index is 10.2. The van der Waals surface area contributed by atoms with Crippen LogP contribution in [0.5, 0.6) is 5.88 Å². The molecule has 1 heterocycles. The molecule has 0 saturated carbocycles. The van der Waals surface area contributed by atoms with Gasteiger partial charge in [0, 0.05) is 6.54 Å². The minimum Gasteiger partial charge on any atom is -0.493 e. The van der Waals surface area contributed by atoms with Gasteiger partial charge in [0.05, 0.1) is 11.3 Å². The minimum atomic E-state index is 0.271. The third kappa shape index (κ3) is 2.18. The van der Waals surface area contributed by atoms with E-state index in [9.17, 15) is 5.11 Å². The highest BCUT2D eigenvalue weighted by Crippen LogP contribution is 2.32. The average molecular weight is 230 g/mol. The first-order valence-electron chi connectivity index (χ1n) is 5.97. The predicted molar refractivity (Wildman–Crippen MR) is 69.1 cm³/mol. The van der Waals surface area contributed by atoms with Crippen LogP contribution in [0.4, 0.5) is 0 Å². The highest BCUT2D eigenvalue weighted by atomic mass is 16.3. The molecule has 90 valence electrons. The van der Waals surface area contributed by atoms with Gasteiger partial charge in [-0.15, -0.1) is 0 Å².